The summed E-state index contributed by atoms with van der Waals surface area (Å²) in [5.74, 6) is 0.556. The summed E-state index contributed by atoms with van der Waals surface area (Å²) in [5.41, 5.74) is 0.537. The predicted octanol–water partition coefficient (Wildman–Crippen LogP) is 2.77. The summed E-state index contributed by atoms with van der Waals surface area (Å²) in [4.78, 5) is 27.3. The van der Waals surface area contributed by atoms with Gasteiger partial charge >= 0.3 is 0 Å². The molecule has 2 amide bonds. The molecule has 24 heavy (non-hydrogen) atoms. The van der Waals surface area contributed by atoms with Crippen LogP contribution in [0.3, 0.4) is 0 Å². The summed E-state index contributed by atoms with van der Waals surface area (Å²) in [6.07, 6.45) is 5.51. The van der Waals surface area contributed by atoms with Crippen molar-refractivity contribution in [2.45, 2.75) is 45.4 Å². The zero-order valence-corrected chi connectivity index (χ0v) is 14.6. The third kappa shape index (κ3) is 3.80. The van der Waals surface area contributed by atoms with E-state index in [9.17, 15) is 9.59 Å². The highest BCUT2D eigenvalue weighted by molar-refractivity contribution is 6.07. The third-order valence-corrected chi connectivity index (χ3v) is 5.31. The molecule has 1 atom stereocenters. The maximum absolute atomic E-state index is 12.8. The number of nitrogens with one attached hydrogen (secondary N) is 1. The molecular weight excluding hydrogens is 300 g/mol. The Morgan fingerprint density at radius 2 is 2.00 bits per heavy atom. The normalized spacial score (nSPS) is 22.0. The number of aryl methyl sites for hydroxylation is 1. The van der Waals surface area contributed by atoms with Crippen LogP contribution in [0.4, 0.5) is 0 Å². The monoisotopic (exact) mass is 328 g/mol. The van der Waals surface area contributed by atoms with E-state index in [1.54, 1.807) is 0 Å². The highest BCUT2D eigenvalue weighted by Crippen LogP contribution is 2.48. The Morgan fingerprint density at radius 1 is 1.25 bits per heavy atom. The smallest absolute Gasteiger partial charge is 0.238 e. The minimum Gasteiger partial charge on any atom is -0.355 e. The SMILES string of the molecule is CC1CCCN(C(=O)C2(C(=O)NCCCc3ccccc3)CC2)C1. The highest BCUT2D eigenvalue weighted by atomic mass is 16.2. The lowest BCUT2D eigenvalue weighted by Crippen LogP contribution is -2.48. The quantitative estimate of drug-likeness (QED) is 0.645. The van der Waals surface area contributed by atoms with Crippen LogP contribution in [-0.2, 0) is 16.0 Å². The van der Waals surface area contributed by atoms with Gasteiger partial charge < -0.3 is 10.2 Å². The Hall–Kier alpha value is -1.84. The Morgan fingerprint density at radius 3 is 2.67 bits per heavy atom. The van der Waals surface area contributed by atoms with Gasteiger partial charge in [0.05, 0.1) is 0 Å². The number of likely N-dealkylation sites (tertiary alicyclic amines) is 1. The van der Waals surface area contributed by atoms with Crippen molar-refractivity contribution in [3.05, 3.63) is 35.9 Å². The van der Waals surface area contributed by atoms with Gasteiger partial charge in [0.1, 0.15) is 5.41 Å². The maximum atomic E-state index is 12.8. The fourth-order valence-electron chi connectivity index (χ4n) is 3.65. The van der Waals surface area contributed by atoms with E-state index in [1.807, 2.05) is 23.1 Å². The van der Waals surface area contributed by atoms with Gasteiger partial charge in [-0.25, -0.2) is 0 Å². The van der Waals surface area contributed by atoms with Gasteiger partial charge in [-0.3, -0.25) is 9.59 Å². The van der Waals surface area contributed by atoms with E-state index in [-0.39, 0.29) is 11.8 Å². The maximum Gasteiger partial charge on any atom is 0.238 e. The highest BCUT2D eigenvalue weighted by Gasteiger charge is 2.57. The molecule has 0 bridgehead atoms. The average molecular weight is 328 g/mol. The molecule has 1 aliphatic carbocycles. The second kappa shape index (κ2) is 7.37. The van der Waals surface area contributed by atoms with Crippen LogP contribution >= 0.6 is 0 Å². The Bertz CT molecular complexity index is 581. The van der Waals surface area contributed by atoms with E-state index in [1.165, 1.54) is 12.0 Å². The summed E-state index contributed by atoms with van der Waals surface area (Å²) in [7, 11) is 0. The van der Waals surface area contributed by atoms with Crippen molar-refractivity contribution >= 4 is 11.8 Å². The fraction of sp³-hybridized carbons (Fsp3) is 0.600. The first-order chi connectivity index (χ1) is 11.6. The van der Waals surface area contributed by atoms with Crippen LogP contribution in [0.2, 0.25) is 0 Å². The molecule has 4 nitrogen and oxygen atoms in total. The van der Waals surface area contributed by atoms with Crippen LogP contribution in [0.1, 0.15) is 44.6 Å². The molecule has 2 fully saturated rings. The van der Waals surface area contributed by atoms with Gasteiger partial charge in [0.2, 0.25) is 11.8 Å². The van der Waals surface area contributed by atoms with Crippen LogP contribution in [0.25, 0.3) is 0 Å². The van der Waals surface area contributed by atoms with Gasteiger partial charge in [-0.1, -0.05) is 37.3 Å². The lowest BCUT2D eigenvalue weighted by Gasteiger charge is -2.33. The van der Waals surface area contributed by atoms with Gasteiger partial charge in [-0.2, -0.15) is 0 Å². The second-order valence-electron chi connectivity index (χ2n) is 7.43. The largest absolute Gasteiger partial charge is 0.355 e. The molecule has 1 unspecified atom stereocenters. The molecule has 1 heterocycles. The minimum absolute atomic E-state index is 0.0567. The lowest BCUT2D eigenvalue weighted by molar-refractivity contribution is -0.145. The van der Waals surface area contributed by atoms with Gasteiger partial charge in [0, 0.05) is 19.6 Å². The van der Waals surface area contributed by atoms with E-state index in [2.05, 4.69) is 24.4 Å². The van der Waals surface area contributed by atoms with Crippen molar-refractivity contribution in [2.24, 2.45) is 11.3 Å². The number of amides is 2. The van der Waals surface area contributed by atoms with Crippen molar-refractivity contribution in [1.29, 1.82) is 0 Å². The molecule has 3 rings (SSSR count). The summed E-state index contributed by atoms with van der Waals surface area (Å²) < 4.78 is 0. The molecule has 4 heteroatoms. The van der Waals surface area contributed by atoms with Gasteiger partial charge in [0.15, 0.2) is 0 Å². The van der Waals surface area contributed by atoms with Crippen molar-refractivity contribution in [1.82, 2.24) is 10.2 Å². The number of benzene rings is 1. The Balaban J connectivity index is 1.46. The number of carbonyl (C=O) groups excluding carboxylic acids is 2. The zero-order chi connectivity index (χ0) is 17.0. The van der Waals surface area contributed by atoms with Crippen molar-refractivity contribution < 1.29 is 9.59 Å². The molecule has 2 aliphatic rings. The second-order valence-corrected chi connectivity index (χ2v) is 7.43. The van der Waals surface area contributed by atoms with Crippen LogP contribution in [0, 0.1) is 11.3 Å². The van der Waals surface area contributed by atoms with Crippen LogP contribution in [0.15, 0.2) is 30.3 Å². The summed E-state index contributed by atoms with van der Waals surface area (Å²) >= 11 is 0. The first-order valence-electron chi connectivity index (χ1n) is 9.23. The number of carbonyl (C=O) groups is 2. The van der Waals surface area contributed by atoms with Gasteiger partial charge in [0.25, 0.3) is 0 Å². The molecule has 1 aromatic rings. The topological polar surface area (TPSA) is 49.4 Å². The molecule has 0 aromatic heterocycles. The van der Waals surface area contributed by atoms with Crippen LogP contribution in [-0.4, -0.2) is 36.3 Å². The molecule has 130 valence electrons. The standard InChI is InChI=1S/C20H28N2O2/c1-16-7-6-14-22(15-16)19(24)20(11-12-20)18(23)21-13-5-10-17-8-3-2-4-9-17/h2-4,8-9,16H,5-7,10-15H2,1H3,(H,21,23). The fourth-order valence-corrected chi connectivity index (χ4v) is 3.65. The van der Waals surface area contributed by atoms with Crippen molar-refractivity contribution in [3.8, 4) is 0 Å². The van der Waals surface area contributed by atoms with Crippen molar-refractivity contribution in [2.75, 3.05) is 19.6 Å². The number of hydrogen-bond acceptors (Lipinski definition) is 2. The predicted molar refractivity (Wildman–Crippen MR) is 94.4 cm³/mol. The molecule has 1 saturated heterocycles. The molecule has 0 radical (unpaired) electrons. The minimum atomic E-state index is -0.746. The number of nitrogens with zero attached hydrogens (tertiary/aromatic N) is 1. The number of rotatable bonds is 6. The summed E-state index contributed by atoms with van der Waals surface area (Å²) in [6, 6.07) is 10.3. The van der Waals surface area contributed by atoms with Crippen LogP contribution in [0.5, 0.6) is 0 Å². The Kier molecular flexibility index (Phi) is 5.22. The summed E-state index contributed by atoms with van der Waals surface area (Å²) in [5, 5.41) is 3.00. The molecule has 1 N–H and O–H groups in total. The molecular formula is C20H28N2O2. The third-order valence-electron chi connectivity index (χ3n) is 5.31. The van der Waals surface area contributed by atoms with E-state index in [0.29, 0.717) is 25.3 Å². The molecule has 1 aliphatic heterocycles. The van der Waals surface area contributed by atoms with E-state index in [4.69, 9.17) is 0 Å². The lowest BCUT2D eigenvalue weighted by atomic mass is 9.96. The number of piperidine rings is 1. The van der Waals surface area contributed by atoms with E-state index >= 15 is 0 Å². The zero-order valence-electron chi connectivity index (χ0n) is 14.6. The molecule has 0 spiro atoms. The van der Waals surface area contributed by atoms with E-state index in [0.717, 1.165) is 32.4 Å². The Labute approximate surface area is 144 Å². The summed E-state index contributed by atoms with van der Waals surface area (Å²) in [6.45, 7) is 4.44. The van der Waals surface area contributed by atoms with Gasteiger partial charge in [-0.15, -0.1) is 0 Å². The molecule has 1 aromatic carbocycles. The first kappa shape index (κ1) is 17.0. The number of hydrogen-bond donors (Lipinski definition) is 1. The first-order valence-corrected chi connectivity index (χ1v) is 9.23. The van der Waals surface area contributed by atoms with Crippen LogP contribution < -0.4 is 5.32 Å². The van der Waals surface area contributed by atoms with Gasteiger partial charge in [-0.05, 0) is 50.0 Å². The van der Waals surface area contributed by atoms with Crippen molar-refractivity contribution in [3.63, 3.8) is 0 Å². The van der Waals surface area contributed by atoms with E-state index < -0.39 is 5.41 Å². The molecule has 1 saturated carbocycles. The average Bonchev–Trinajstić information content (AvgIpc) is 3.41.